The van der Waals surface area contributed by atoms with Crippen LogP contribution in [0.1, 0.15) is 24.2 Å². The number of nitrogens with zero attached hydrogens (tertiary/aromatic N) is 2. The molecule has 1 heterocycles. The minimum Gasteiger partial charge on any atom is -0.383 e. The van der Waals surface area contributed by atoms with Crippen LogP contribution in [0.3, 0.4) is 0 Å². The average Bonchev–Trinajstić information content (AvgIpc) is 2.45. The Morgan fingerprint density at radius 1 is 1.52 bits per heavy atom. The van der Waals surface area contributed by atoms with Gasteiger partial charge in [-0.2, -0.15) is 0 Å². The fourth-order valence-corrected chi connectivity index (χ4v) is 1.74. The highest BCUT2D eigenvalue weighted by atomic mass is 16.6. The number of carbonyl (C=O) groups excluding carboxylic acids is 1. The van der Waals surface area contributed by atoms with Crippen molar-refractivity contribution in [3.8, 4) is 0 Å². The lowest BCUT2D eigenvalue weighted by Gasteiger charge is -2.21. The zero-order valence-corrected chi connectivity index (χ0v) is 12.5. The monoisotopic (exact) mass is 296 g/mol. The molecule has 0 spiro atoms. The molecule has 0 aliphatic heterocycles. The molecule has 0 bridgehead atoms. The Hall–Kier alpha value is -2.22. The Labute approximate surface area is 123 Å². The van der Waals surface area contributed by atoms with E-state index in [0.717, 1.165) is 6.20 Å². The summed E-state index contributed by atoms with van der Waals surface area (Å²) in [5.41, 5.74) is -0.354. The van der Waals surface area contributed by atoms with Crippen molar-refractivity contribution in [3.05, 3.63) is 27.9 Å². The van der Waals surface area contributed by atoms with Gasteiger partial charge in [-0.3, -0.25) is 14.9 Å². The summed E-state index contributed by atoms with van der Waals surface area (Å²) in [7, 11) is 3.16. The van der Waals surface area contributed by atoms with Crippen molar-refractivity contribution in [2.24, 2.45) is 5.92 Å². The van der Waals surface area contributed by atoms with E-state index in [4.69, 9.17) is 4.74 Å². The summed E-state index contributed by atoms with van der Waals surface area (Å²) in [6, 6.07) is 1.13. The van der Waals surface area contributed by atoms with Gasteiger partial charge < -0.3 is 15.4 Å². The molecule has 0 aliphatic rings. The quantitative estimate of drug-likeness (QED) is 0.582. The minimum absolute atomic E-state index is 0.0268. The molecule has 8 heteroatoms. The highest BCUT2D eigenvalue weighted by Gasteiger charge is 2.24. The molecule has 0 aliphatic carbocycles. The highest BCUT2D eigenvalue weighted by Crippen LogP contribution is 2.20. The predicted molar refractivity (Wildman–Crippen MR) is 78.4 cm³/mol. The number of pyridine rings is 1. The van der Waals surface area contributed by atoms with E-state index in [0.29, 0.717) is 12.4 Å². The van der Waals surface area contributed by atoms with Crippen molar-refractivity contribution in [2.45, 2.75) is 19.9 Å². The van der Waals surface area contributed by atoms with Crippen LogP contribution < -0.4 is 10.6 Å². The van der Waals surface area contributed by atoms with Crippen LogP contribution in [-0.4, -0.2) is 42.6 Å². The smallest absolute Gasteiger partial charge is 0.300 e. The van der Waals surface area contributed by atoms with Crippen LogP contribution in [0.5, 0.6) is 0 Å². The summed E-state index contributed by atoms with van der Waals surface area (Å²) in [5, 5.41) is 16.5. The van der Waals surface area contributed by atoms with Gasteiger partial charge in [0.05, 0.1) is 17.6 Å². The number of rotatable bonds is 7. The lowest BCUT2D eigenvalue weighted by atomic mass is 10.0. The SMILES string of the molecule is CNc1cc(C(=O)NC(COC)C(C)C)c([N+](=O)[O-])cn1. The van der Waals surface area contributed by atoms with E-state index in [1.54, 1.807) is 7.05 Å². The largest absolute Gasteiger partial charge is 0.383 e. The number of hydrogen-bond acceptors (Lipinski definition) is 6. The molecule has 0 aromatic carbocycles. The predicted octanol–water partition coefficient (Wildman–Crippen LogP) is 1.43. The van der Waals surface area contributed by atoms with Crippen LogP contribution in [0.15, 0.2) is 12.3 Å². The van der Waals surface area contributed by atoms with Crippen LogP contribution in [0.2, 0.25) is 0 Å². The van der Waals surface area contributed by atoms with Crippen molar-refractivity contribution in [2.75, 3.05) is 26.1 Å². The van der Waals surface area contributed by atoms with Crippen molar-refractivity contribution >= 4 is 17.4 Å². The number of carbonyl (C=O) groups is 1. The van der Waals surface area contributed by atoms with E-state index in [9.17, 15) is 14.9 Å². The van der Waals surface area contributed by atoms with Crippen LogP contribution in [-0.2, 0) is 4.74 Å². The third kappa shape index (κ3) is 4.38. The van der Waals surface area contributed by atoms with Crippen LogP contribution in [0.4, 0.5) is 11.5 Å². The second-order valence-electron chi connectivity index (χ2n) is 4.87. The van der Waals surface area contributed by atoms with E-state index in [-0.39, 0.29) is 23.2 Å². The molecule has 1 unspecified atom stereocenters. The summed E-state index contributed by atoms with van der Waals surface area (Å²) >= 11 is 0. The van der Waals surface area contributed by atoms with Gasteiger partial charge in [0.15, 0.2) is 0 Å². The number of aromatic nitrogens is 1. The molecule has 1 aromatic rings. The van der Waals surface area contributed by atoms with E-state index >= 15 is 0 Å². The lowest BCUT2D eigenvalue weighted by molar-refractivity contribution is -0.385. The first-order valence-corrected chi connectivity index (χ1v) is 6.52. The second-order valence-corrected chi connectivity index (χ2v) is 4.87. The van der Waals surface area contributed by atoms with Gasteiger partial charge in [0.1, 0.15) is 17.6 Å². The molecule has 1 aromatic heterocycles. The van der Waals surface area contributed by atoms with E-state index in [1.165, 1.54) is 13.2 Å². The van der Waals surface area contributed by atoms with E-state index in [2.05, 4.69) is 15.6 Å². The lowest BCUT2D eigenvalue weighted by Crippen LogP contribution is -2.41. The zero-order valence-electron chi connectivity index (χ0n) is 12.5. The average molecular weight is 296 g/mol. The molecule has 0 saturated heterocycles. The number of hydrogen-bond donors (Lipinski definition) is 2. The van der Waals surface area contributed by atoms with Crippen molar-refractivity contribution < 1.29 is 14.5 Å². The third-order valence-corrected chi connectivity index (χ3v) is 3.05. The Morgan fingerprint density at radius 3 is 2.67 bits per heavy atom. The number of methoxy groups -OCH3 is 1. The summed E-state index contributed by atoms with van der Waals surface area (Å²) in [5.74, 6) is 0.00787. The van der Waals surface area contributed by atoms with Crippen molar-refractivity contribution in [1.29, 1.82) is 0 Å². The Bertz CT molecular complexity index is 519. The maximum absolute atomic E-state index is 12.3. The molecular weight excluding hydrogens is 276 g/mol. The first-order valence-electron chi connectivity index (χ1n) is 6.52. The highest BCUT2D eigenvalue weighted by molar-refractivity contribution is 5.98. The van der Waals surface area contributed by atoms with Crippen LogP contribution in [0, 0.1) is 16.0 Å². The molecule has 0 saturated carbocycles. The number of anilines is 1. The summed E-state index contributed by atoms with van der Waals surface area (Å²) in [6.07, 6.45) is 1.07. The van der Waals surface area contributed by atoms with Gasteiger partial charge in [-0.05, 0) is 5.92 Å². The summed E-state index contributed by atoms with van der Waals surface area (Å²) in [6.45, 7) is 4.20. The molecule has 2 N–H and O–H groups in total. The molecule has 21 heavy (non-hydrogen) atoms. The Kier molecular flexibility index (Phi) is 6.04. The van der Waals surface area contributed by atoms with Crippen molar-refractivity contribution in [3.63, 3.8) is 0 Å². The van der Waals surface area contributed by atoms with Crippen LogP contribution >= 0.6 is 0 Å². The van der Waals surface area contributed by atoms with Gasteiger partial charge in [0, 0.05) is 20.2 Å². The fourth-order valence-electron chi connectivity index (χ4n) is 1.74. The van der Waals surface area contributed by atoms with Gasteiger partial charge in [0.2, 0.25) is 0 Å². The molecule has 1 amide bonds. The first kappa shape index (κ1) is 16.8. The van der Waals surface area contributed by atoms with Gasteiger partial charge >= 0.3 is 0 Å². The van der Waals surface area contributed by atoms with Gasteiger partial charge in [-0.25, -0.2) is 4.98 Å². The van der Waals surface area contributed by atoms with Gasteiger partial charge in [-0.1, -0.05) is 13.8 Å². The summed E-state index contributed by atoms with van der Waals surface area (Å²) < 4.78 is 5.05. The second kappa shape index (κ2) is 7.53. The molecule has 116 valence electrons. The Morgan fingerprint density at radius 2 is 2.19 bits per heavy atom. The van der Waals surface area contributed by atoms with Crippen LogP contribution in [0.25, 0.3) is 0 Å². The summed E-state index contributed by atoms with van der Waals surface area (Å²) in [4.78, 5) is 26.5. The van der Waals surface area contributed by atoms with Gasteiger partial charge in [-0.15, -0.1) is 0 Å². The molecule has 8 nitrogen and oxygen atoms in total. The molecular formula is C13H20N4O4. The minimum atomic E-state index is -0.623. The molecule has 0 radical (unpaired) electrons. The van der Waals surface area contributed by atoms with E-state index in [1.807, 2.05) is 13.8 Å². The Balaban J connectivity index is 3.07. The standard InChI is InChI=1S/C13H20N4O4/c1-8(2)10(7-21-4)16-13(18)9-5-12(14-3)15-6-11(9)17(19)20/h5-6,8,10H,7H2,1-4H3,(H,14,15)(H,16,18). The number of nitrogens with one attached hydrogen (secondary N) is 2. The maximum Gasteiger partial charge on any atom is 0.300 e. The first-order chi connectivity index (χ1) is 9.90. The zero-order chi connectivity index (χ0) is 16.0. The maximum atomic E-state index is 12.3. The number of nitro groups is 1. The number of ether oxygens (including phenoxy) is 1. The fraction of sp³-hybridized carbons (Fsp3) is 0.538. The van der Waals surface area contributed by atoms with Crippen molar-refractivity contribution in [1.82, 2.24) is 10.3 Å². The van der Waals surface area contributed by atoms with Gasteiger partial charge in [0.25, 0.3) is 11.6 Å². The van der Waals surface area contributed by atoms with E-state index < -0.39 is 10.8 Å². The molecule has 0 fully saturated rings. The molecule has 1 rings (SSSR count). The normalized spacial score (nSPS) is 12.0. The third-order valence-electron chi connectivity index (χ3n) is 3.05. The number of amides is 1. The molecule has 1 atom stereocenters. The topological polar surface area (TPSA) is 106 Å².